The standard InChI is InChI=1S/C14H18O3/c1-3-12(2)11-14(15)17-10-9-16-13-7-5-4-6-8-13/h4-8,11H,3,9-10H2,1-2H3. The third-order valence-electron chi connectivity index (χ3n) is 2.26. The number of benzene rings is 1. The Balaban J connectivity index is 2.19. The van der Waals surface area contributed by atoms with Crippen molar-refractivity contribution in [1.29, 1.82) is 0 Å². The van der Waals surface area contributed by atoms with Crippen molar-refractivity contribution in [3.63, 3.8) is 0 Å². The van der Waals surface area contributed by atoms with E-state index < -0.39 is 0 Å². The molecule has 0 radical (unpaired) electrons. The molecule has 0 N–H and O–H groups in total. The van der Waals surface area contributed by atoms with E-state index in [4.69, 9.17) is 9.47 Å². The van der Waals surface area contributed by atoms with Crippen LogP contribution in [-0.4, -0.2) is 19.2 Å². The van der Waals surface area contributed by atoms with E-state index in [2.05, 4.69) is 0 Å². The van der Waals surface area contributed by atoms with Gasteiger partial charge in [-0.15, -0.1) is 0 Å². The molecule has 0 aromatic heterocycles. The molecule has 0 spiro atoms. The van der Waals surface area contributed by atoms with Gasteiger partial charge in [0.25, 0.3) is 0 Å². The van der Waals surface area contributed by atoms with Crippen LogP contribution in [0.25, 0.3) is 0 Å². The van der Waals surface area contributed by atoms with Gasteiger partial charge in [0.2, 0.25) is 0 Å². The van der Waals surface area contributed by atoms with Gasteiger partial charge in [-0.25, -0.2) is 4.79 Å². The SMILES string of the molecule is CCC(C)=CC(=O)OCCOc1ccccc1. The van der Waals surface area contributed by atoms with Gasteiger partial charge in [0, 0.05) is 6.08 Å². The molecule has 1 aromatic rings. The summed E-state index contributed by atoms with van der Waals surface area (Å²) >= 11 is 0. The summed E-state index contributed by atoms with van der Waals surface area (Å²) in [5.74, 6) is 0.477. The summed E-state index contributed by atoms with van der Waals surface area (Å²) in [5.41, 5.74) is 1.01. The number of esters is 1. The van der Waals surface area contributed by atoms with Crippen LogP contribution in [-0.2, 0) is 9.53 Å². The largest absolute Gasteiger partial charge is 0.490 e. The summed E-state index contributed by atoms with van der Waals surface area (Å²) in [4.78, 5) is 11.3. The number of allylic oxidation sites excluding steroid dienone is 1. The second-order valence-electron chi connectivity index (χ2n) is 3.67. The van der Waals surface area contributed by atoms with Crippen molar-refractivity contribution in [2.75, 3.05) is 13.2 Å². The smallest absolute Gasteiger partial charge is 0.330 e. The zero-order valence-electron chi connectivity index (χ0n) is 10.3. The summed E-state index contributed by atoms with van der Waals surface area (Å²) in [5, 5.41) is 0. The highest BCUT2D eigenvalue weighted by molar-refractivity contribution is 5.82. The molecular weight excluding hydrogens is 216 g/mol. The van der Waals surface area contributed by atoms with Gasteiger partial charge in [-0.05, 0) is 25.5 Å². The monoisotopic (exact) mass is 234 g/mol. The van der Waals surface area contributed by atoms with Gasteiger partial charge in [0.1, 0.15) is 19.0 Å². The van der Waals surface area contributed by atoms with Crippen LogP contribution in [0.3, 0.4) is 0 Å². The Bertz CT molecular complexity index is 368. The van der Waals surface area contributed by atoms with Crippen LogP contribution in [0.5, 0.6) is 5.75 Å². The summed E-state index contributed by atoms with van der Waals surface area (Å²) in [6.45, 7) is 4.54. The average Bonchev–Trinajstić information content (AvgIpc) is 2.36. The van der Waals surface area contributed by atoms with Gasteiger partial charge in [-0.1, -0.05) is 30.7 Å². The normalized spacial score (nSPS) is 11.1. The first-order chi connectivity index (χ1) is 8.22. The molecular formula is C14H18O3. The van der Waals surface area contributed by atoms with Gasteiger partial charge < -0.3 is 9.47 Å². The van der Waals surface area contributed by atoms with Gasteiger partial charge in [-0.3, -0.25) is 0 Å². The predicted molar refractivity (Wildman–Crippen MR) is 66.9 cm³/mol. The molecule has 0 heterocycles. The van der Waals surface area contributed by atoms with Gasteiger partial charge in [0.15, 0.2) is 0 Å². The maximum atomic E-state index is 11.3. The molecule has 3 nitrogen and oxygen atoms in total. The Morgan fingerprint density at radius 3 is 2.59 bits per heavy atom. The van der Waals surface area contributed by atoms with Crippen molar-refractivity contribution in [2.24, 2.45) is 0 Å². The first-order valence-corrected chi connectivity index (χ1v) is 5.74. The molecule has 0 saturated heterocycles. The molecule has 0 atom stereocenters. The molecule has 0 aliphatic carbocycles. The molecule has 0 fully saturated rings. The zero-order valence-corrected chi connectivity index (χ0v) is 10.3. The molecule has 0 bridgehead atoms. The maximum absolute atomic E-state index is 11.3. The number of hydrogen-bond acceptors (Lipinski definition) is 3. The number of carbonyl (C=O) groups excluding carboxylic acids is 1. The summed E-state index contributed by atoms with van der Waals surface area (Å²) in [6, 6.07) is 9.44. The van der Waals surface area contributed by atoms with Crippen LogP contribution >= 0.6 is 0 Å². The summed E-state index contributed by atoms with van der Waals surface area (Å²) < 4.78 is 10.4. The Kier molecular flexibility index (Phi) is 5.86. The Morgan fingerprint density at radius 1 is 1.24 bits per heavy atom. The molecule has 1 aromatic carbocycles. The van der Waals surface area contributed by atoms with E-state index in [1.54, 1.807) is 0 Å². The quantitative estimate of drug-likeness (QED) is 0.431. The van der Waals surface area contributed by atoms with Crippen LogP contribution in [0.2, 0.25) is 0 Å². The average molecular weight is 234 g/mol. The fraction of sp³-hybridized carbons (Fsp3) is 0.357. The van der Waals surface area contributed by atoms with Gasteiger partial charge in [-0.2, -0.15) is 0 Å². The predicted octanol–water partition coefficient (Wildman–Crippen LogP) is 2.96. The summed E-state index contributed by atoms with van der Waals surface area (Å²) in [6.07, 6.45) is 2.37. The van der Waals surface area contributed by atoms with Crippen molar-refractivity contribution in [1.82, 2.24) is 0 Å². The van der Waals surface area contributed by atoms with Crippen LogP contribution in [0.4, 0.5) is 0 Å². The van der Waals surface area contributed by atoms with Crippen LogP contribution in [0.15, 0.2) is 42.0 Å². The lowest BCUT2D eigenvalue weighted by molar-refractivity contribution is -0.138. The van der Waals surface area contributed by atoms with E-state index in [9.17, 15) is 4.79 Å². The lowest BCUT2D eigenvalue weighted by Gasteiger charge is -2.06. The number of rotatable bonds is 6. The maximum Gasteiger partial charge on any atom is 0.330 e. The van der Waals surface area contributed by atoms with E-state index in [1.165, 1.54) is 6.08 Å². The Labute approximate surface area is 102 Å². The third-order valence-corrected chi connectivity index (χ3v) is 2.26. The van der Waals surface area contributed by atoms with E-state index in [0.717, 1.165) is 17.7 Å². The van der Waals surface area contributed by atoms with Gasteiger partial charge >= 0.3 is 5.97 Å². The molecule has 1 rings (SSSR count). The lowest BCUT2D eigenvalue weighted by atomic mass is 10.2. The highest BCUT2D eigenvalue weighted by atomic mass is 16.6. The molecule has 0 unspecified atom stereocenters. The molecule has 0 aliphatic rings. The number of hydrogen-bond donors (Lipinski definition) is 0. The number of ether oxygens (including phenoxy) is 2. The van der Waals surface area contributed by atoms with E-state index in [0.29, 0.717) is 6.61 Å². The molecule has 92 valence electrons. The minimum Gasteiger partial charge on any atom is -0.490 e. The number of carbonyl (C=O) groups is 1. The van der Waals surface area contributed by atoms with Gasteiger partial charge in [0.05, 0.1) is 0 Å². The number of para-hydroxylation sites is 1. The highest BCUT2D eigenvalue weighted by Crippen LogP contribution is 2.07. The Hall–Kier alpha value is -1.77. The highest BCUT2D eigenvalue weighted by Gasteiger charge is 1.99. The molecule has 0 saturated carbocycles. The first-order valence-electron chi connectivity index (χ1n) is 5.74. The first kappa shape index (κ1) is 13.3. The van der Waals surface area contributed by atoms with E-state index in [1.807, 2.05) is 44.2 Å². The fourth-order valence-corrected chi connectivity index (χ4v) is 1.16. The minimum absolute atomic E-state index is 0.265. The van der Waals surface area contributed by atoms with E-state index in [-0.39, 0.29) is 12.6 Å². The molecule has 0 aliphatic heterocycles. The lowest BCUT2D eigenvalue weighted by Crippen LogP contribution is -2.10. The van der Waals surface area contributed by atoms with Crippen molar-refractivity contribution in [3.05, 3.63) is 42.0 Å². The van der Waals surface area contributed by atoms with Crippen molar-refractivity contribution < 1.29 is 14.3 Å². The second kappa shape index (κ2) is 7.49. The topological polar surface area (TPSA) is 35.5 Å². The Morgan fingerprint density at radius 2 is 1.94 bits per heavy atom. The molecule has 3 heteroatoms. The van der Waals surface area contributed by atoms with E-state index >= 15 is 0 Å². The summed E-state index contributed by atoms with van der Waals surface area (Å²) in [7, 11) is 0. The van der Waals surface area contributed by atoms with Crippen molar-refractivity contribution >= 4 is 5.97 Å². The zero-order chi connectivity index (χ0) is 12.5. The van der Waals surface area contributed by atoms with Crippen molar-refractivity contribution in [2.45, 2.75) is 20.3 Å². The fourth-order valence-electron chi connectivity index (χ4n) is 1.16. The van der Waals surface area contributed by atoms with Crippen LogP contribution in [0.1, 0.15) is 20.3 Å². The van der Waals surface area contributed by atoms with Crippen LogP contribution in [0, 0.1) is 0 Å². The molecule has 17 heavy (non-hydrogen) atoms. The van der Waals surface area contributed by atoms with Crippen molar-refractivity contribution in [3.8, 4) is 5.75 Å². The molecule has 0 amide bonds. The van der Waals surface area contributed by atoms with Crippen LogP contribution < -0.4 is 4.74 Å². The minimum atomic E-state index is -0.305. The third kappa shape index (κ3) is 5.76. The second-order valence-corrected chi connectivity index (χ2v) is 3.67.